The van der Waals surface area contributed by atoms with Crippen molar-refractivity contribution in [1.29, 1.82) is 0 Å². The molecule has 0 saturated heterocycles. The van der Waals surface area contributed by atoms with E-state index in [0.717, 1.165) is 16.7 Å². The number of fused-ring (bicyclic) bond motifs is 1. The molecule has 27 heavy (non-hydrogen) atoms. The fourth-order valence-electron chi connectivity index (χ4n) is 2.93. The molecule has 0 aliphatic rings. The molecule has 0 spiro atoms. The van der Waals surface area contributed by atoms with Crippen molar-refractivity contribution in [2.75, 3.05) is 7.11 Å². The molecule has 0 aliphatic heterocycles. The van der Waals surface area contributed by atoms with Gasteiger partial charge in [0.25, 0.3) is 0 Å². The summed E-state index contributed by atoms with van der Waals surface area (Å²) in [5.74, 6) is 0.679. The van der Waals surface area contributed by atoms with Gasteiger partial charge in [-0.1, -0.05) is 29.3 Å². The van der Waals surface area contributed by atoms with E-state index in [0.29, 0.717) is 32.4 Å². The van der Waals surface area contributed by atoms with E-state index in [1.807, 2.05) is 12.1 Å². The molecular weight excluding hydrogens is 383 g/mol. The largest absolute Gasteiger partial charge is 0.497 e. The van der Waals surface area contributed by atoms with E-state index in [-0.39, 0.29) is 5.43 Å². The molecule has 0 fully saturated rings. The van der Waals surface area contributed by atoms with Gasteiger partial charge in [-0.05, 0) is 35.9 Å². The predicted octanol–water partition coefficient (Wildman–Crippen LogP) is 5.57. The number of H-pyrrole nitrogens is 1. The minimum atomic E-state index is -0.0682. The zero-order chi connectivity index (χ0) is 19.0. The van der Waals surface area contributed by atoms with E-state index in [1.54, 1.807) is 55.9 Å². The van der Waals surface area contributed by atoms with Crippen molar-refractivity contribution in [3.8, 4) is 28.1 Å². The van der Waals surface area contributed by atoms with Gasteiger partial charge in [0.2, 0.25) is 0 Å². The fourth-order valence-corrected chi connectivity index (χ4v) is 3.23. The van der Waals surface area contributed by atoms with Crippen LogP contribution in [-0.2, 0) is 0 Å². The second kappa shape index (κ2) is 7.06. The molecule has 0 aliphatic carbocycles. The average Bonchev–Trinajstić information content (AvgIpc) is 2.69. The third-order valence-corrected chi connectivity index (χ3v) is 5.08. The summed E-state index contributed by atoms with van der Waals surface area (Å²) in [7, 11) is 1.59. The Balaban J connectivity index is 1.84. The van der Waals surface area contributed by atoms with Gasteiger partial charge in [-0.2, -0.15) is 0 Å². The molecule has 0 radical (unpaired) electrons. The summed E-state index contributed by atoms with van der Waals surface area (Å²) in [5, 5.41) is 1.58. The molecule has 0 amide bonds. The van der Waals surface area contributed by atoms with Crippen LogP contribution in [0.5, 0.6) is 5.75 Å². The first-order chi connectivity index (χ1) is 13.0. The van der Waals surface area contributed by atoms with E-state index < -0.39 is 0 Å². The Kier molecular flexibility index (Phi) is 4.60. The minimum absolute atomic E-state index is 0.0682. The van der Waals surface area contributed by atoms with Gasteiger partial charge in [0.1, 0.15) is 5.75 Å². The summed E-state index contributed by atoms with van der Waals surface area (Å²) in [6, 6.07) is 14.3. The average molecular weight is 397 g/mol. The first-order valence-electron chi connectivity index (χ1n) is 8.17. The summed E-state index contributed by atoms with van der Waals surface area (Å²) >= 11 is 12.1. The molecule has 134 valence electrons. The van der Waals surface area contributed by atoms with Crippen LogP contribution in [0.3, 0.4) is 0 Å². The van der Waals surface area contributed by atoms with Crippen LogP contribution in [0.4, 0.5) is 0 Å². The topological polar surface area (TPSA) is 55.0 Å². The second-order valence-electron chi connectivity index (χ2n) is 6.05. The predicted molar refractivity (Wildman–Crippen MR) is 110 cm³/mol. The number of rotatable bonds is 3. The summed E-state index contributed by atoms with van der Waals surface area (Å²) in [6.07, 6.45) is 3.45. The monoisotopic (exact) mass is 396 g/mol. The van der Waals surface area contributed by atoms with Crippen molar-refractivity contribution in [2.45, 2.75) is 0 Å². The molecule has 4 aromatic rings. The molecule has 1 N–H and O–H groups in total. The minimum Gasteiger partial charge on any atom is -0.497 e. The lowest BCUT2D eigenvalue weighted by molar-refractivity contribution is 0.415. The van der Waals surface area contributed by atoms with Crippen LogP contribution in [0.15, 0.2) is 65.7 Å². The van der Waals surface area contributed by atoms with Crippen molar-refractivity contribution in [3.05, 3.63) is 81.2 Å². The van der Waals surface area contributed by atoms with Gasteiger partial charge < -0.3 is 9.72 Å². The Morgan fingerprint density at radius 3 is 2.48 bits per heavy atom. The summed E-state index contributed by atoms with van der Waals surface area (Å²) in [4.78, 5) is 20.1. The van der Waals surface area contributed by atoms with Crippen LogP contribution >= 0.6 is 23.2 Å². The zero-order valence-corrected chi connectivity index (χ0v) is 15.8. The normalized spacial score (nSPS) is 10.9. The van der Waals surface area contributed by atoms with Crippen LogP contribution in [0.1, 0.15) is 0 Å². The number of halogens is 2. The van der Waals surface area contributed by atoms with E-state index in [1.165, 1.54) is 0 Å². The smallest absolute Gasteiger partial charge is 0.190 e. The Morgan fingerprint density at radius 2 is 1.70 bits per heavy atom. The molecule has 0 unspecified atom stereocenters. The molecule has 0 atom stereocenters. The first kappa shape index (κ1) is 17.6. The molecule has 4 nitrogen and oxygen atoms in total. The molecule has 6 heteroatoms. The number of methoxy groups -OCH3 is 1. The van der Waals surface area contributed by atoms with Crippen LogP contribution in [0.25, 0.3) is 33.3 Å². The van der Waals surface area contributed by atoms with Crippen molar-refractivity contribution >= 4 is 34.1 Å². The molecule has 4 rings (SSSR count). The van der Waals surface area contributed by atoms with Gasteiger partial charge in [-0.25, -0.2) is 0 Å². The third-order valence-electron chi connectivity index (χ3n) is 4.34. The highest BCUT2D eigenvalue weighted by Crippen LogP contribution is 2.30. The maximum atomic E-state index is 12.5. The number of pyridine rings is 2. The van der Waals surface area contributed by atoms with E-state index in [9.17, 15) is 4.79 Å². The Bertz CT molecular complexity index is 1220. The molecule has 2 aromatic carbocycles. The summed E-state index contributed by atoms with van der Waals surface area (Å²) in [6.45, 7) is 0. The lowest BCUT2D eigenvalue weighted by Crippen LogP contribution is -2.03. The van der Waals surface area contributed by atoms with Gasteiger partial charge in [0.05, 0.1) is 28.4 Å². The zero-order valence-electron chi connectivity index (χ0n) is 14.3. The van der Waals surface area contributed by atoms with Crippen molar-refractivity contribution in [3.63, 3.8) is 0 Å². The standard InChI is InChI=1S/C21H14Cl2N2O2/c1-27-15-3-4-16-20(8-15)25-19(9-21(16)26)14-6-13(10-24-11-14)12-2-5-17(22)18(23)7-12/h2-11H,1H3,(H,25,26). The highest BCUT2D eigenvalue weighted by molar-refractivity contribution is 6.42. The van der Waals surface area contributed by atoms with E-state index in [4.69, 9.17) is 27.9 Å². The van der Waals surface area contributed by atoms with Crippen LogP contribution in [-0.4, -0.2) is 17.1 Å². The van der Waals surface area contributed by atoms with Crippen LogP contribution in [0, 0.1) is 0 Å². The number of hydrogen-bond donors (Lipinski definition) is 1. The molecular formula is C21H14Cl2N2O2. The van der Waals surface area contributed by atoms with Crippen molar-refractivity contribution in [2.24, 2.45) is 0 Å². The van der Waals surface area contributed by atoms with Gasteiger partial charge in [-0.15, -0.1) is 0 Å². The Morgan fingerprint density at radius 1 is 0.889 bits per heavy atom. The van der Waals surface area contributed by atoms with Gasteiger partial charge in [-0.3, -0.25) is 9.78 Å². The van der Waals surface area contributed by atoms with Gasteiger partial charge in [0.15, 0.2) is 5.43 Å². The molecule has 2 heterocycles. The molecule has 0 bridgehead atoms. The third kappa shape index (κ3) is 3.42. The number of nitrogens with zero attached hydrogens (tertiary/aromatic N) is 1. The highest BCUT2D eigenvalue weighted by Gasteiger charge is 2.08. The lowest BCUT2D eigenvalue weighted by Gasteiger charge is -2.08. The Hall–Kier alpha value is -2.82. The Labute approximate surface area is 165 Å². The maximum absolute atomic E-state index is 12.5. The number of aromatic amines is 1. The number of nitrogens with one attached hydrogen (secondary N) is 1. The number of benzene rings is 2. The number of ether oxygens (including phenoxy) is 1. The first-order valence-corrected chi connectivity index (χ1v) is 8.92. The summed E-state index contributed by atoms with van der Waals surface area (Å²) < 4.78 is 5.25. The van der Waals surface area contributed by atoms with E-state index in [2.05, 4.69) is 9.97 Å². The molecule has 2 aromatic heterocycles. The van der Waals surface area contributed by atoms with Crippen LogP contribution in [0.2, 0.25) is 10.0 Å². The molecule has 0 saturated carbocycles. The fraction of sp³-hybridized carbons (Fsp3) is 0.0476. The maximum Gasteiger partial charge on any atom is 0.190 e. The number of aromatic nitrogens is 2. The quantitative estimate of drug-likeness (QED) is 0.492. The highest BCUT2D eigenvalue weighted by atomic mass is 35.5. The van der Waals surface area contributed by atoms with Crippen molar-refractivity contribution in [1.82, 2.24) is 9.97 Å². The van der Waals surface area contributed by atoms with Crippen LogP contribution < -0.4 is 10.2 Å². The van der Waals surface area contributed by atoms with Gasteiger partial charge in [0, 0.05) is 41.0 Å². The summed E-state index contributed by atoms with van der Waals surface area (Å²) in [5.41, 5.74) is 3.87. The SMILES string of the molecule is COc1ccc2c(=O)cc(-c3cncc(-c4ccc(Cl)c(Cl)c4)c3)[nH]c2c1. The van der Waals surface area contributed by atoms with E-state index >= 15 is 0 Å². The second-order valence-corrected chi connectivity index (χ2v) is 6.86. The van der Waals surface area contributed by atoms with Crippen molar-refractivity contribution < 1.29 is 4.74 Å². The number of hydrogen-bond acceptors (Lipinski definition) is 3. The lowest BCUT2D eigenvalue weighted by atomic mass is 10.0. The van der Waals surface area contributed by atoms with Gasteiger partial charge >= 0.3 is 0 Å².